The second-order valence-corrected chi connectivity index (χ2v) is 30.1. The first kappa shape index (κ1) is 68.2. The summed E-state index contributed by atoms with van der Waals surface area (Å²) in [7, 11) is 0. The lowest BCUT2D eigenvalue weighted by Gasteiger charge is -2.29. The second kappa shape index (κ2) is 31.2. The van der Waals surface area contributed by atoms with Gasteiger partial charge in [-0.1, -0.05) is 251 Å². The van der Waals surface area contributed by atoms with E-state index in [9.17, 15) is 19.2 Å². The lowest BCUT2D eigenvalue weighted by molar-refractivity contribution is -0.156. The molecule has 2 fully saturated rings. The molecule has 4 aliphatic rings. The van der Waals surface area contributed by atoms with Gasteiger partial charge in [0, 0.05) is 58.3 Å². The molecule has 0 spiro atoms. The molecule has 0 aromatic heterocycles. The van der Waals surface area contributed by atoms with Crippen molar-refractivity contribution in [1.82, 2.24) is 0 Å². The third-order valence-electron chi connectivity index (χ3n) is 21.0. The number of benzene rings is 8. The van der Waals surface area contributed by atoms with Gasteiger partial charge in [0.2, 0.25) is 11.8 Å². The van der Waals surface area contributed by atoms with Crippen LogP contribution in [-0.4, -0.2) is 23.8 Å². The molecule has 8 aromatic rings. The summed E-state index contributed by atoms with van der Waals surface area (Å²) in [5.74, 6) is 3.15. The molecule has 97 heavy (non-hydrogen) atoms. The van der Waals surface area contributed by atoms with Gasteiger partial charge >= 0.3 is 11.9 Å². The van der Waals surface area contributed by atoms with E-state index < -0.39 is 18.4 Å². The van der Waals surface area contributed by atoms with E-state index in [4.69, 9.17) is 18.9 Å². The summed E-state index contributed by atoms with van der Waals surface area (Å²) < 4.78 is 24.6. The first-order valence-electron chi connectivity index (χ1n) is 36.0. The number of carbonyl (C=O) groups excluding carboxylic acids is 4. The van der Waals surface area contributed by atoms with E-state index in [1.54, 1.807) is 0 Å². The molecule has 0 bridgehead atoms. The molecule has 2 heterocycles. The Morgan fingerprint density at radius 2 is 0.773 bits per heavy atom. The number of amides is 2. The monoisotopic (exact) mass is 1300 g/mol. The van der Waals surface area contributed by atoms with Crippen LogP contribution in [0, 0.1) is 11.8 Å². The van der Waals surface area contributed by atoms with Gasteiger partial charge in [-0.25, -0.2) is 0 Å². The van der Waals surface area contributed by atoms with E-state index in [0.717, 1.165) is 129 Å². The van der Waals surface area contributed by atoms with Gasteiger partial charge in [-0.15, -0.1) is 0 Å². The normalized spacial score (nSPS) is 15.6. The molecule has 12 rings (SSSR count). The van der Waals surface area contributed by atoms with Gasteiger partial charge in [-0.05, 0) is 154 Å². The van der Waals surface area contributed by atoms with Crippen LogP contribution in [0.15, 0.2) is 182 Å². The van der Waals surface area contributed by atoms with Crippen molar-refractivity contribution in [1.29, 1.82) is 0 Å². The van der Waals surface area contributed by atoms with E-state index in [-0.39, 0.29) is 72.4 Å². The molecule has 2 amide bonds. The average molecular weight is 1300 g/mol. The number of para-hydroxylation sites is 4. The van der Waals surface area contributed by atoms with Crippen LogP contribution in [0.4, 0.5) is 11.4 Å². The molecule has 0 radical (unpaired) electrons. The van der Waals surface area contributed by atoms with Crippen LogP contribution in [0.25, 0.3) is 0 Å². The number of aryl methyl sites for hydroxylation is 2. The highest BCUT2D eigenvalue weighted by molar-refractivity contribution is 5.94. The molecule has 2 aliphatic heterocycles. The van der Waals surface area contributed by atoms with Crippen molar-refractivity contribution in [3.05, 3.63) is 249 Å². The SMILES string of the molecule is CC(C)(C)c1ccc(CC[C@@H](CC2CCCCC2)c2ccccc2COC(=O)CC(=O)OCc2ccccc2[C@@H](CCc2ccc(C(C)(C)C)c(NC(=O)CC3c4ccccc4Oc4ccccc43)c2)CC2CCCCC2)cc1NC(=O)CC1c2ccccc2Oc2ccccc21. The van der Waals surface area contributed by atoms with E-state index in [1.807, 2.05) is 84.9 Å². The van der Waals surface area contributed by atoms with Gasteiger partial charge < -0.3 is 29.6 Å². The van der Waals surface area contributed by atoms with Gasteiger partial charge in [0.05, 0.1) is 0 Å². The Labute approximate surface area is 575 Å². The van der Waals surface area contributed by atoms with Crippen molar-refractivity contribution in [2.24, 2.45) is 11.8 Å². The highest BCUT2D eigenvalue weighted by Crippen LogP contribution is 2.48. The van der Waals surface area contributed by atoms with Crippen molar-refractivity contribution in [2.45, 2.75) is 211 Å². The minimum absolute atomic E-state index is 0.0441. The van der Waals surface area contributed by atoms with Crippen molar-refractivity contribution < 1.29 is 38.1 Å². The smallest absolute Gasteiger partial charge is 0.317 e. The Balaban J connectivity index is 0.691. The number of carbonyl (C=O) groups is 4. The summed E-state index contributed by atoms with van der Waals surface area (Å²) in [5.41, 5.74) is 14.0. The van der Waals surface area contributed by atoms with Crippen molar-refractivity contribution in [2.75, 3.05) is 10.6 Å². The Morgan fingerprint density at radius 1 is 0.433 bits per heavy atom. The Kier molecular flexibility index (Phi) is 21.9. The maximum atomic E-state index is 14.3. The first-order valence-corrected chi connectivity index (χ1v) is 36.0. The lowest BCUT2D eigenvalue weighted by Crippen LogP contribution is -2.22. The number of nitrogens with one attached hydrogen (secondary N) is 2. The summed E-state index contributed by atoms with van der Waals surface area (Å²) in [6, 6.07) is 61.9. The van der Waals surface area contributed by atoms with Gasteiger partial charge in [0.15, 0.2) is 0 Å². The zero-order chi connectivity index (χ0) is 67.5. The van der Waals surface area contributed by atoms with Gasteiger partial charge in [-0.2, -0.15) is 0 Å². The minimum Gasteiger partial charge on any atom is -0.460 e. The van der Waals surface area contributed by atoms with Crippen molar-refractivity contribution in [3.8, 4) is 23.0 Å². The first-order chi connectivity index (χ1) is 47.0. The molecular formula is C87H98N2O8. The van der Waals surface area contributed by atoms with Crippen LogP contribution in [0.2, 0.25) is 0 Å². The zero-order valence-corrected chi connectivity index (χ0v) is 57.9. The summed E-state index contributed by atoms with van der Waals surface area (Å²) in [6.07, 6.45) is 17.8. The van der Waals surface area contributed by atoms with Gasteiger partial charge in [0.25, 0.3) is 0 Å². The molecule has 2 atom stereocenters. The molecule has 10 nitrogen and oxygen atoms in total. The fourth-order valence-electron chi connectivity index (χ4n) is 16.0. The molecule has 504 valence electrons. The third-order valence-corrected chi connectivity index (χ3v) is 21.0. The summed E-state index contributed by atoms with van der Waals surface area (Å²) in [6.45, 7) is 13.2. The standard InChI is InChI=1S/C87H98N2O8/c1-86(2,3)74-47-43-60(51-76(74)88-82(90)53-72-68-33-17-21-37-78(68)96-79-38-22-18-34-69(72)79)41-45-62(49-58-25-9-7-10-26-58)66-31-15-13-29-64(66)56-94-84(92)55-85(93)95-57-65-30-14-16-32-67(65)63(50-59-27-11-8-12-28-59)46-42-61-44-48-75(87(4,5)6)77(52-61)89-83(91)54-73-70-35-19-23-39-80(70)97-81-40-24-20-36-71(73)81/h13-24,29-40,43-44,47-48,51-52,58-59,62-63,72-73H,7-12,25-28,41-42,45-46,49-50,53-57H2,1-6H3,(H,88,90)(H,89,91)/t62-,63-/m0/s1. The highest BCUT2D eigenvalue weighted by atomic mass is 16.6. The Hall–Kier alpha value is -8.76. The Bertz CT molecular complexity index is 3710. The minimum atomic E-state index is -0.613. The van der Waals surface area contributed by atoms with Crippen molar-refractivity contribution >= 4 is 35.1 Å². The maximum Gasteiger partial charge on any atom is 0.317 e. The molecular weight excluding hydrogens is 1200 g/mol. The molecule has 2 N–H and O–H groups in total. The van der Waals surface area contributed by atoms with E-state index in [2.05, 4.69) is 149 Å². The summed E-state index contributed by atoms with van der Waals surface area (Å²) >= 11 is 0. The fourth-order valence-corrected chi connectivity index (χ4v) is 16.0. The van der Waals surface area contributed by atoms with Gasteiger partial charge in [-0.3, -0.25) is 19.2 Å². The fraction of sp³-hybridized carbons (Fsp3) is 0.402. The van der Waals surface area contributed by atoms with Crippen LogP contribution in [0.3, 0.4) is 0 Å². The number of rotatable bonds is 24. The average Bonchev–Trinajstić information content (AvgIpc) is 0.781. The lowest BCUT2D eigenvalue weighted by atomic mass is 9.77. The van der Waals surface area contributed by atoms with Crippen LogP contribution in [0.5, 0.6) is 23.0 Å². The summed E-state index contributed by atoms with van der Waals surface area (Å²) in [5, 5.41) is 6.79. The number of ether oxygens (including phenoxy) is 4. The number of anilines is 2. The van der Waals surface area contributed by atoms with Crippen LogP contribution in [-0.2, 0) is 65.5 Å². The number of hydrogen-bond donors (Lipinski definition) is 2. The number of esters is 2. The predicted molar refractivity (Wildman–Crippen MR) is 388 cm³/mol. The topological polar surface area (TPSA) is 129 Å². The second-order valence-electron chi connectivity index (χ2n) is 30.1. The Morgan fingerprint density at radius 3 is 1.13 bits per heavy atom. The van der Waals surface area contributed by atoms with E-state index in [1.165, 1.54) is 75.3 Å². The number of fused-ring (bicyclic) bond motifs is 4. The molecule has 8 aromatic carbocycles. The quantitative estimate of drug-likeness (QED) is 0.0452. The highest BCUT2D eigenvalue weighted by Gasteiger charge is 2.33. The van der Waals surface area contributed by atoms with Crippen LogP contribution in [0.1, 0.15) is 241 Å². The zero-order valence-electron chi connectivity index (χ0n) is 57.9. The largest absolute Gasteiger partial charge is 0.460 e. The molecule has 10 heteroatoms. The predicted octanol–water partition coefficient (Wildman–Crippen LogP) is 21.4. The van der Waals surface area contributed by atoms with Crippen LogP contribution >= 0.6 is 0 Å². The van der Waals surface area contributed by atoms with Gasteiger partial charge in [0.1, 0.15) is 42.6 Å². The molecule has 2 aliphatic carbocycles. The van der Waals surface area contributed by atoms with Crippen molar-refractivity contribution in [3.63, 3.8) is 0 Å². The third kappa shape index (κ3) is 17.3. The molecule has 0 unspecified atom stereocenters. The van der Waals surface area contributed by atoms with E-state index in [0.29, 0.717) is 11.8 Å². The van der Waals surface area contributed by atoms with Crippen LogP contribution < -0.4 is 20.1 Å². The van der Waals surface area contributed by atoms with E-state index >= 15 is 0 Å². The maximum absolute atomic E-state index is 14.3. The number of hydrogen-bond acceptors (Lipinski definition) is 8. The molecule has 2 saturated carbocycles. The summed E-state index contributed by atoms with van der Waals surface area (Å²) in [4.78, 5) is 56.1. The molecule has 0 saturated heterocycles.